The van der Waals surface area contributed by atoms with E-state index in [1.165, 1.54) is 0 Å². The SMILES string of the molecule is CCOC(=O)C(C)NC(=O)C1(C)CCCCN1. The van der Waals surface area contributed by atoms with Gasteiger partial charge in [-0.1, -0.05) is 0 Å². The fourth-order valence-corrected chi connectivity index (χ4v) is 1.93. The van der Waals surface area contributed by atoms with Crippen LogP contribution in [0.3, 0.4) is 0 Å². The van der Waals surface area contributed by atoms with Crippen molar-refractivity contribution in [1.29, 1.82) is 0 Å². The monoisotopic (exact) mass is 242 g/mol. The molecule has 1 heterocycles. The molecular formula is C12H22N2O3. The van der Waals surface area contributed by atoms with Gasteiger partial charge < -0.3 is 15.4 Å². The lowest BCUT2D eigenvalue weighted by Gasteiger charge is -2.34. The van der Waals surface area contributed by atoms with Gasteiger partial charge in [0.25, 0.3) is 0 Å². The third-order valence-corrected chi connectivity index (χ3v) is 3.11. The standard InChI is InChI=1S/C12H22N2O3/c1-4-17-10(15)9(2)14-11(16)12(3)7-5-6-8-13-12/h9,13H,4-8H2,1-3H3,(H,14,16). The van der Waals surface area contributed by atoms with E-state index in [9.17, 15) is 9.59 Å². The Labute approximate surface area is 102 Å². The number of esters is 1. The molecule has 0 radical (unpaired) electrons. The number of rotatable bonds is 4. The molecule has 1 rings (SSSR count). The van der Waals surface area contributed by atoms with Gasteiger partial charge in [0.2, 0.25) is 5.91 Å². The van der Waals surface area contributed by atoms with E-state index in [1.807, 2.05) is 6.92 Å². The van der Waals surface area contributed by atoms with Crippen molar-refractivity contribution in [3.63, 3.8) is 0 Å². The van der Waals surface area contributed by atoms with Crippen molar-refractivity contribution >= 4 is 11.9 Å². The van der Waals surface area contributed by atoms with E-state index < -0.39 is 11.6 Å². The van der Waals surface area contributed by atoms with Crippen LogP contribution in [0.15, 0.2) is 0 Å². The first-order valence-electron chi connectivity index (χ1n) is 6.22. The van der Waals surface area contributed by atoms with E-state index >= 15 is 0 Å². The summed E-state index contributed by atoms with van der Waals surface area (Å²) in [5.74, 6) is -0.516. The van der Waals surface area contributed by atoms with E-state index in [2.05, 4.69) is 10.6 Å². The minimum atomic E-state index is -0.594. The summed E-state index contributed by atoms with van der Waals surface area (Å²) in [4.78, 5) is 23.5. The van der Waals surface area contributed by atoms with Gasteiger partial charge in [0.15, 0.2) is 0 Å². The molecule has 0 bridgehead atoms. The summed E-state index contributed by atoms with van der Waals surface area (Å²) in [5, 5.41) is 5.91. The summed E-state index contributed by atoms with van der Waals surface area (Å²) in [5.41, 5.74) is -0.557. The van der Waals surface area contributed by atoms with Crippen LogP contribution in [0.25, 0.3) is 0 Å². The van der Waals surface area contributed by atoms with Crippen molar-refractivity contribution in [3.8, 4) is 0 Å². The second-order valence-corrected chi connectivity index (χ2v) is 4.66. The Morgan fingerprint density at radius 2 is 2.18 bits per heavy atom. The summed E-state index contributed by atoms with van der Waals surface area (Å²) in [6.45, 7) is 6.43. The van der Waals surface area contributed by atoms with Gasteiger partial charge in [0.1, 0.15) is 6.04 Å². The Bertz CT molecular complexity index is 285. The molecule has 1 saturated heterocycles. The highest BCUT2D eigenvalue weighted by Gasteiger charge is 2.35. The third kappa shape index (κ3) is 3.70. The number of ether oxygens (including phenoxy) is 1. The van der Waals surface area contributed by atoms with E-state index in [0.717, 1.165) is 25.8 Å². The van der Waals surface area contributed by atoms with E-state index in [0.29, 0.717) is 6.61 Å². The molecule has 0 saturated carbocycles. The van der Waals surface area contributed by atoms with Gasteiger partial charge in [-0.15, -0.1) is 0 Å². The van der Waals surface area contributed by atoms with Crippen molar-refractivity contribution < 1.29 is 14.3 Å². The normalized spacial score (nSPS) is 26.1. The average molecular weight is 242 g/mol. The van der Waals surface area contributed by atoms with Crippen LogP contribution in [0.1, 0.15) is 40.0 Å². The van der Waals surface area contributed by atoms with Crippen LogP contribution >= 0.6 is 0 Å². The zero-order valence-electron chi connectivity index (χ0n) is 10.8. The van der Waals surface area contributed by atoms with Gasteiger partial charge in [-0.2, -0.15) is 0 Å². The Morgan fingerprint density at radius 3 is 2.71 bits per heavy atom. The van der Waals surface area contributed by atoms with Gasteiger partial charge in [-0.25, -0.2) is 4.79 Å². The topological polar surface area (TPSA) is 67.4 Å². The molecule has 2 unspecified atom stereocenters. The number of carbonyl (C=O) groups is 2. The molecule has 0 aromatic heterocycles. The van der Waals surface area contributed by atoms with Gasteiger partial charge in [-0.05, 0) is 46.6 Å². The zero-order chi connectivity index (χ0) is 12.9. The van der Waals surface area contributed by atoms with Crippen molar-refractivity contribution in [2.45, 2.75) is 51.6 Å². The highest BCUT2D eigenvalue weighted by Crippen LogP contribution is 2.18. The fourth-order valence-electron chi connectivity index (χ4n) is 1.93. The van der Waals surface area contributed by atoms with Gasteiger partial charge in [0.05, 0.1) is 12.1 Å². The van der Waals surface area contributed by atoms with Gasteiger partial charge in [0, 0.05) is 0 Å². The molecule has 1 fully saturated rings. The molecule has 98 valence electrons. The molecule has 1 aliphatic heterocycles. The van der Waals surface area contributed by atoms with Crippen LogP contribution in [0.4, 0.5) is 0 Å². The molecule has 17 heavy (non-hydrogen) atoms. The fraction of sp³-hybridized carbons (Fsp3) is 0.833. The first-order valence-corrected chi connectivity index (χ1v) is 6.22. The number of hydrogen-bond acceptors (Lipinski definition) is 4. The summed E-state index contributed by atoms with van der Waals surface area (Å²) in [7, 11) is 0. The quantitative estimate of drug-likeness (QED) is 0.708. The maximum absolute atomic E-state index is 12.1. The van der Waals surface area contributed by atoms with Gasteiger partial charge in [-0.3, -0.25) is 4.79 Å². The summed E-state index contributed by atoms with van der Waals surface area (Å²) < 4.78 is 4.85. The summed E-state index contributed by atoms with van der Waals surface area (Å²) >= 11 is 0. The predicted molar refractivity (Wildman–Crippen MR) is 64.5 cm³/mol. The minimum Gasteiger partial charge on any atom is -0.464 e. The third-order valence-electron chi connectivity index (χ3n) is 3.11. The van der Waals surface area contributed by atoms with Crippen LogP contribution < -0.4 is 10.6 Å². The number of nitrogens with one attached hydrogen (secondary N) is 2. The van der Waals surface area contributed by atoms with Crippen molar-refractivity contribution in [1.82, 2.24) is 10.6 Å². The Kier molecular flexibility index (Phi) is 4.93. The Balaban J connectivity index is 2.50. The van der Waals surface area contributed by atoms with Crippen molar-refractivity contribution in [2.75, 3.05) is 13.2 Å². The van der Waals surface area contributed by atoms with E-state index in [-0.39, 0.29) is 11.9 Å². The number of hydrogen-bond donors (Lipinski definition) is 2. The summed E-state index contributed by atoms with van der Waals surface area (Å²) in [6, 6.07) is -0.594. The molecule has 1 aliphatic rings. The maximum atomic E-state index is 12.1. The predicted octanol–water partition coefficient (Wildman–Crippen LogP) is 0.586. The van der Waals surface area contributed by atoms with E-state index in [4.69, 9.17) is 4.74 Å². The average Bonchev–Trinajstić information content (AvgIpc) is 2.30. The highest BCUT2D eigenvalue weighted by molar-refractivity contribution is 5.90. The zero-order valence-corrected chi connectivity index (χ0v) is 10.8. The second kappa shape index (κ2) is 6.00. The second-order valence-electron chi connectivity index (χ2n) is 4.66. The molecule has 0 aromatic carbocycles. The molecule has 2 atom stereocenters. The first-order chi connectivity index (χ1) is 7.99. The molecule has 5 heteroatoms. The lowest BCUT2D eigenvalue weighted by Crippen LogP contribution is -2.59. The van der Waals surface area contributed by atoms with Crippen LogP contribution in [0.5, 0.6) is 0 Å². The maximum Gasteiger partial charge on any atom is 0.328 e. The number of amides is 1. The number of piperidine rings is 1. The smallest absolute Gasteiger partial charge is 0.328 e. The lowest BCUT2D eigenvalue weighted by molar-refractivity contribution is -0.147. The first kappa shape index (κ1) is 14.0. The Hall–Kier alpha value is -1.10. The van der Waals surface area contributed by atoms with Crippen LogP contribution in [0, 0.1) is 0 Å². The Morgan fingerprint density at radius 1 is 1.47 bits per heavy atom. The van der Waals surface area contributed by atoms with Crippen LogP contribution in [0.2, 0.25) is 0 Å². The van der Waals surface area contributed by atoms with E-state index in [1.54, 1.807) is 13.8 Å². The molecular weight excluding hydrogens is 220 g/mol. The molecule has 5 nitrogen and oxygen atoms in total. The van der Waals surface area contributed by atoms with Crippen LogP contribution in [-0.2, 0) is 14.3 Å². The van der Waals surface area contributed by atoms with Crippen molar-refractivity contribution in [2.24, 2.45) is 0 Å². The molecule has 0 aliphatic carbocycles. The molecule has 2 N–H and O–H groups in total. The number of carbonyl (C=O) groups excluding carboxylic acids is 2. The van der Waals surface area contributed by atoms with Crippen LogP contribution in [-0.4, -0.2) is 36.6 Å². The summed E-state index contributed by atoms with van der Waals surface area (Å²) in [6.07, 6.45) is 2.93. The molecule has 0 spiro atoms. The van der Waals surface area contributed by atoms with Crippen molar-refractivity contribution in [3.05, 3.63) is 0 Å². The highest BCUT2D eigenvalue weighted by atomic mass is 16.5. The molecule has 1 amide bonds. The molecule has 0 aromatic rings. The largest absolute Gasteiger partial charge is 0.464 e. The minimum absolute atomic E-state index is 0.127. The van der Waals surface area contributed by atoms with Gasteiger partial charge >= 0.3 is 5.97 Å². The lowest BCUT2D eigenvalue weighted by atomic mass is 9.90.